The van der Waals surface area contributed by atoms with Crippen molar-refractivity contribution in [1.29, 1.82) is 0 Å². The molecule has 0 bridgehead atoms. The highest BCUT2D eigenvalue weighted by Gasteiger charge is 2.29. The van der Waals surface area contributed by atoms with Gasteiger partial charge in [-0.05, 0) is 55.1 Å². The van der Waals surface area contributed by atoms with E-state index in [0.29, 0.717) is 27.5 Å². The number of nitrogens with zero attached hydrogens (tertiary/aromatic N) is 5. The molecule has 0 saturated heterocycles. The Kier molecular flexibility index (Phi) is 4.07. The first kappa shape index (κ1) is 17.2. The van der Waals surface area contributed by atoms with Gasteiger partial charge in [0.25, 0.3) is 5.91 Å². The van der Waals surface area contributed by atoms with Crippen LogP contribution in [0.5, 0.6) is 0 Å². The van der Waals surface area contributed by atoms with Crippen molar-refractivity contribution < 1.29 is 9.90 Å². The van der Waals surface area contributed by atoms with E-state index in [9.17, 15) is 9.90 Å². The molecule has 26 heavy (non-hydrogen) atoms. The van der Waals surface area contributed by atoms with Gasteiger partial charge in [-0.1, -0.05) is 0 Å². The predicted molar refractivity (Wildman–Crippen MR) is 99.0 cm³/mol. The zero-order chi connectivity index (χ0) is 18.5. The summed E-state index contributed by atoms with van der Waals surface area (Å²) < 4.78 is 4.14. The van der Waals surface area contributed by atoms with Gasteiger partial charge in [0.05, 0.1) is 22.4 Å². The molecule has 4 rings (SSSR count). The van der Waals surface area contributed by atoms with Crippen LogP contribution in [0.4, 0.5) is 5.69 Å². The third-order valence-electron chi connectivity index (χ3n) is 4.57. The van der Waals surface area contributed by atoms with Gasteiger partial charge in [0.15, 0.2) is 5.65 Å². The van der Waals surface area contributed by atoms with Crippen LogP contribution in [0.1, 0.15) is 55.3 Å². The summed E-state index contributed by atoms with van der Waals surface area (Å²) in [5.41, 5.74) is 0.610. The second kappa shape index (κ2) is 6.17. The first-order valence-corrected chi connectivity index (χ1v) is 9.25. The van der Waals surface area contributed by atoms with Gasteiger partial charge < -0.3 is 10.4 Å². The van der Waals surface area contributed by atoms with E-state index in [0.717, 1.165) is 12.8 Å². The van der Waals surface area contributed by atoms with Crippen molar-refractivity contribution in [2.45, 2.75) is 44.8 Å². The van der Waals surface area contributed by atoms with Crippen molar-refractivity contribution in [3.8, 4) is 0 Å². The molecule has 1 saturated carbocycles. The van der Waals surface area contributed by atoms with Crippen molar-refractivity contribution in [2.24, 2.45) is 0 Å². The molecule has 0 spiro atoms. The summed E-state index contributed by atoms with van der Waals surface area (Å²) in [6, 6.07) is 1.93. The number of hydrogen-bond donors (Lipinski definition) is 2. The monoisotopic (exact) mass is 418 g/mol. The Labute approximate surface area is 158 Å². The van der Waals surface area contributed by atoms with Crippen molar-refractivity contribution >= 4 is 33.2 Å². The van der Waals surface area contributed by atoms with Crippen LogP contribution in [-0.2, 0) is 5.60 Å². The maximum Gasteiger partial charge on any atom is 0.274 e. The lowest BCUT2D eigenvalue weighted by molar-refractivity contribution is 0.0729. The molecule has 1 fully saturated rings. The SMILES string of the molecule is CC(C)(O)c1nn(C2CCC2)cc1NC(=O)c1ccn2ncc(Br)c2n1. The minimum Gasteiger partial charge on any atom is -0.384 e. The average Bonchev–Trinajstić information content (AvgIpc) is 3.09. The largest absolute Gasteiger partial charge is 0.384 e. The minimum atomic E-state index is -1.16. The third-order valence-corrected chi connectivity index (χ3v) is 5.13. The Balaban J connectivity index is 1.65. The van der Waals surface area contributed by atoms with Crippen LogP contribution in [0.2, 0.25) is 0 Å². The standard InChI is InChI=1S/C17H19BrN6O2/c1-17(2,26)14-13(9-24(22-14)10-4-3-5-10)21-16(25)12-6-7-23-15(20-12)11(18)8-19-23/h6-10,26H,3-5H2,1-2H3,(H,21,25). The molecule has 8 nitrogen and oxygen atoms in total. The number of aromatic nitrogens is 5. The Bertz CT molecular complexity index is 983. The molecule has 2 N–H and O–H groups in total. The molecule has 3 aromatic rings. The zero-order valence-corrected chi connectivity index (χ0v) is 16.1. The van der Waals surface area contributed by atoms with Crippen molar-refractivity contribution in [1.82, 2.24) is 24.4 Å². The second-order valence-electron chi connectivity index (χ2n) is 7.04. The summed E-state index contributed by atoms with van der Waals surface area (Å²) in [5, 5.41) is 21.9. The molecule has 9 heteroatoms. The first-order chi connectivity index (χ1) is 12.3. The van der Waals surface area contributed by atoms with Crippen LogP contribution in [0.3, 0.4) is 0 Å². The van der Waals surface area contributed by atoms with Crippen molar-refractivity contribution in [3.63, 3.8) is 0 Å². The summed E-state index contributed by atoms with van der Waals surface area (Å²) in [7, 11) is 0. The van der Waals surface area contributed by atoms with E-state index in [4.69, 9.17) is 0 Å². The second-order valence-corrected chi connectivity index (χ2v) is 7.90. The maximum absolute atomic E-state index is 12.7. The molecule has 3 aromatic heterocycles. The van der Waals surface area contributed by atoms with Gasteiger partial charge >= 0.3 is 0 Å². The number of fused-ring (bicyclic) bond motifs is 1. The fraction of sp³-hybridized carbons (Fsp3) is 0.412. The van der Waals surface area contributed by atoms with Crippen molar-refractivity contribution in [2.75, 3.05) is 5.32 Å². The summed E-state index contributed by atoms with van der Waals surface area (Å²) in [5.74, 6) is -0.362. The summed E-state index contributed by atoms with van der Waals surface area (Å²) in [6.45, 7) is 3.31. The summed E-state index contributed by atoms with van der Waals surface area (Å²) in [6.07, 6.45) is 8.40. The van der Waals surface area contributed by atoms with Gasteiger partial charge in [-0.2, -0.15) is 10.2 Å². The molecule has 3 heterocycles. The Hall–Kier alpha value is -2.26. The maximum atomic E-state index is 12.7. The summed E-state index contributed by atoms with van der Waals surface area (Å²) >= 11 is 3.36. The number of amides is 1. The van der Waals surface area contributed by atoms with Crippen LogP contribution >= 0.6 is 15.9 Å². The molecule has 0 atom stereocenters. The molecular weight excluding hydrogens is 400 g/mol. The normalized spacial score (nSPS) is 15.2. The molecule has 1 amide bonds. The highest BCUT2D eigenvalue weighted by atomic mass is 79.9. The smallest absolute Gasteiger partial charge is 0.274 e. The highest BCUT2D eigenvalue weighted by molar-refractivity contribution is 9.10. The van der Waals surface area contributed by atoms with Gasteiger partial charge in [-0.15, -0.1) is 0 Å². The topological polar surface area (TPSA) is 97.3 Å². The van der Waals surface area contributed by atoms with Gasteiger partial charge in [0.2, 0.25) is 0 Å². The lowest BCUT2D eigenvalue weighted by atomic mass is 9.93. The number of carbonyl (C=O) groups is 1. The molecule has 0 aromatic carbocycles. The van der Waals surface area contributed by atoms with E-state index in [1.165, 1.54) is 6.42 Å². The lowest BCUT2D eigenvalue weighted by Crippen LogP contribution is -2.22. The molecule has 1 aliphatic rings. The number of carbonyl (C=O) groups excluding carboxylic acids is 1. The number of aliphatic hydroxyl groups is 1. The van der Waals surface area contributed by atoms with E-state index < -0.39 is 5.60 Å². The molecule has 1 aliphatic carbocycles. The van der Waals surface area contributed by atoms with E-state index in [1.807, 2.05) is 4.68 Å². The van der Waals surface area contributed by atoms with Crippen LogP contribution in [0.25, 0.3) is 5.65 Å². The number of rotatable bonds is 4. The van der Waals surface area contributed by atoms with Crippen LogP contribution in [0.15, 0.2) is 29.1 Å². The van der Waals surface area contributed by atoms with E-state index in [2.05, 4.69) is 36.4 Å². The van der Waals surface area contributed by atoms with E-state index in [1.54, 1.807) is 43.0 Å². The van der Waals surface area contributed by atoms with Gasteiger partial charge in [-0.3, -0.25) is 9.48 Å². The highest BCUT2D eigenvalue weighted by Crippen LogP contribution is 2.35. The van der Waals surface area contributed by atoms with Crippen molar-refractivity contribution in [3.05, 3.63) is 40.5 Å². The lowest BCUT2D eigenvalue weighted by Gasteiger charge is -2.25. The molecule has 0 unspecified atom stereocenters. The Morgan fingerprint density at radius 1 is 1.42 bits per heavy atom. The van der Waals surface area contributed by atoms with Crippen LogP contribution in [0, 0.1) is 0 Å². The van der Waals surface area contributed by atoms with Gasteiger partial charge in [0, 0.05) is 12.4 Å². The quantitative estimate of drug-likeness (QED) is 0.678. The zero-order valence-electron chi connectivity index (χ0n) is 14.5. The van der Waals surface area contributed by atoms with Crippen LogP contribution < -0.4 is 5.32 Å². The molecule has 136 valence electrons. The number of nitrogens with one attached hydrogen (secondary N) is 1. The number of hydrogen-bond acceptors (Lipinski definition) is 5. The molecule has 0 aliphatic heterocycles. The van der Waals surface area contributed by atoms with E-state index in [-0.39, 0.29) is 11.6 Å². The summed E-state index contributed by atoms with van der Waals surface area (Å²) in [4.78, 5) is 17.0. The van der Waals surface area contributed by atoms with Gasteiger partial charge in [0.1, 0.15) is 17.0 Å². The Morgan fingerprint density at radius 3 is 2.85 bits per heavy atom. The fourth-order valence-corrected chi connectivity index (χ4v) is 3.29. The third kappa shape index (κ3) is 3.01. The van der Waals surface area contributed by atoms with Gasteiger partial charge in [-0.25, -0.2) is 9.50 Å². The number of anilines is 1. The van der Waals surface area contributed by atoms with E-state index >= 15 is 0 Å². The Morgan fingerprint density at radius 2 is 2.19 bits per heavy atom. The first-order valence-electron chi connectivity index (χ1n) is 8.46. The molecule has 0 radical (unpaired) electrons. The average molecular weight is 419 g/mol. The van der Waals surface area contributed by atoms with Crippen LogP contribution in [-0.4, -0.2) is 35.4 Å². The number of halogens is 1. The minimum absolute atomic E-state index is 0.261. The molecular formula is C17H19BrN6O2. The predicted octanol–water partition coefficient (Wildman–Crippen LogP) is 2.89. The fourth-order valence-electron chi connectivity index (χ4n) is 2.93.